The topological polar surface area (TPSA) is 72.6 Å². The molecule has 0 saturated carbocycles. The Labute approximate surface area is 108 Å². The maximum atomic E-state index is 10.8. The molecule has 17 heavy (non-hydrogen) atoms. The number of aliphatic hydroxyl groups is 1. The molecule has 0 amide bonds. The standard InChI is InChI=1S/C10H15NO4S2/c1-7(12)9-6-8(11(13)14)10(17-9)16-5-3-4-15-2/h6-7,12H,3-5H2,1-2H3/t7-/m0/s1. The molecule has 1 heterocycles. The summed E-state index contributed by atoms with van der Waals surface area (Å²) in [6.45, 7) is 2.25. The van der Waals surface area contributed by atoms with Gasteiger partial charge in [-0.15, -0.1) is 23.1 Å². The van der Waals surface area contributed by atoms with Crippen LogP contribution in [-0.2, 0) is 4.74 Å². The van der Waals surface area contributed by atoms with Crippen LogP contribution in [0.3, 0.4) is 0 Å². The summed E-state index contributed by atoms with van der Waals surface area (Å²) >= 11 is 2.72. The highest BCUT2D eigenvalue weighted by atomic mass is 32.2. The first-order valence-electron chi connectivity index (χ1n) is 5.14. The molecule has 0 aliphatic heterocycles. The van der Waals surface area contributed by atoms with Crippen molar-refractivity contribution in [2.24, 2.45) is 0 Å². The summed E-state index contributed by atoms with van der Waals surface area (Å²) in [7, 11) is 1.63. The van der Waals surface area contributed by atoms with E-state index < -0.39 is 11.0 Å². The summed E-state index contributed by atoms with van der Waals surface area (Å²) in [6.07, 6.45) is 0.187. The summed E-state index contributed by atoms with van der Waals surface area (Å²) in [5.74, 6) is 0.772. The molecule has 96 valence electrons. The van der Waals surface area contributed by atoms with Crippen molar-refractivity contribution in [1.82, 2.24) is 0 Å². The number of nitro groups is 1. The lowest BCUT2D eigenvalue weighted by molar-refractivity contribution is -0.387. The van der Waals surface area contributed by atoms with Crippen molar-refractivity contribution in [3.8, 4) is 0 Å². The largest absolute Gasteiger partial charge is 0.388 e. The fourth-order valence-corrected chi connectivity index (χ4v) is 3.48. The molecule has 0 radical (unpaired) electrons. The highest BCUT2D eigenvalue weighted by Crippen LogP contribution is 2.39. The van der Waals surface area contributed by atoms with E-state index in [2.05, 4.69) is 0 Å². The summed E-state index contributed by atoms with van der Waals surface area (Å²) in [6, 6.07) is 1.45. The van der Waals surface area contributed by atoms with E-state index in [1.165, 1.54) is 29.2 Å². The van der Waals surface area contributed by atoms with Gasteiger partial charge in [-0.1, -0.05) is 0 Å². The predicted molar refractivity (Wildman–Crippen MR) is 68.8 cm³/mol. The van der Waals surface area contributed by atoms with Gasteiger partial charge in [-0.05, 0) is 13.3 Å². The van der Waals surface area contributed by atoms with Crippen LogP contribution in [-0.4, -0.2) is 29.5 Å². The van der Waals surface area contributed by atoms with Gasteiger partial charge in [-0.25, -0.2) is 0 Å². The van der Waals surface area contributed by atoms with Crippen molar-refractivity contribution >= 4 is 28.8 Å². The number of hydrogen-bond donors (Lipinski definition) is 1. The maximum absolute atomic E-state index is 10.8. The Bertz CT molecular complexity index is 378. The van der Waals surface area contributed by atoms with Crippen LogP contribution in [0.25, 0.3) is 0 Å². The van der Waals surface area contributed by atoms with Crippen LogP contribution < -0.4 is 0 Å². The van der Waals surface area contributed by atoms with Crippen molar-refractivity contribution < 1.29 is 14.8 Å². The molecule has 0 aromatic carbocycles. The van der Waals surface area contributed by atoms with Crippen LogP contribution in [0.1, 0.15) is 24.3 Å². The predicted octanol–water partition coefficient (Wildman–Crippen LogP) is 2.84. The van der Waals surface area contributed by atoms with E-state index >= 15 is 0 Å². The molecular formula is C10H15NO4S2. The number of rotatable bonds is 7. The molecule has 0 aliphatic carbocycles. The Hall–Kier alpha value is -0.630. The number of ether oxygens (including phenoxy) is 1. The molecule has 0 unspecified atom stereocenters. The van der Waals surface area contributed by atoms with Crippen LogP contribution >= 0.6 is 23.1 Å². The van der Waals surface area contributed by atoms with Gasteiger partial charge in [-0.2, -0.15) is 0 Å². The molecule has 0 fully saturated rings. The maximum Gasteiger partial charge on any atom is 0.294 e. The molecule has 1 N–H and O–H groups in total. The molecule has 1 atom stereocenters. The summed E-state index contributed by atoms with van der Waals surface area (Å²) in [4.78, 5) is 11.1. The molecule has 1 aromatic heterocycles. The fraction of sp³-hybridized carbons (Fsp3) is 0.600. The van der Waals surface area contributed by atoms with Gasteiger partial charge in [0.2, 0.25) is 0 Å². The Morgan fingerprint density at radius 2 is 2.41 bits per heavy atom. The summed E-state index contributed by atoms with van der Waals surface area (Å²) < 4.78 is 5.57. The average molecular weight is 277 g/mol. The molecule has 0 spiro atoms. The average Bonchev–Trinajstić information content (AvgIpc) is 2.68. The monoisotopic (exact) mass is 277 g/mol. The van der Waals surface area contributed by atoms with Gasteiger partial charge in [0.1, 0.15) is 4.21 Å². The third-order valence-electron chi connectivity index (χ3n) is 2.03. The molecule has 1 aromatic rings. The highest BCUT2D eigenvalue weighted by Gasteiger charge is 2.20. The van der Waals surface area contributed by atoms with E-state index in [1.807, 2.05) is 0 Å². The molecule has 0 saturated heterocycles. The van der Waals surface area contributed by atoms with Crippen LogP contribution in [0.4, 0.5) is 5.69 Å². The summed E-state index contributed by atoms with van der Waals surface area (Å²) in [5.41, 5.74) is 0.0910. The van der Waals surface area contributed by atoms with E-state index in [4.69, 9.17) is 4.74 Å². The lowest BCUT2D eigenvalue weighted by Gasteiger charge is -1.98. The van der Waals surface area contributed by atoms with Gasteiger partial charge in [0.25, 0.3) is 5.69 Å². The smallest absolute Gasteiger partial charge is 0.294 e. The Morgan fingerprint density at radius 1 is 1.71 bits per heavy atom. The Morgan fingerprint density at radius 3 is 2.94 bits per heavy atom. The number of thiophene rings is 1. The normalized spacial score (nSPS) is 12.6. The van der Waals surface area contributed by atoms with Crippen molar-refractivity contribution in [3.05, 3.63) is 21.1 Å². The van der Waals surface area contributed by atoms with Gasteiger partial charge in [-0.3, -0.25) is 10.1 Å². The zero-order valence-electron chi connectivity index (χ0n) is 9.71. The van der Waals surface area contributed by atoms with Crippen LogP contribution in [0, 0.1) is 10.1 Å². The molecule has 0 aliphatic rings. The van der Waals surface area contributed by atoms with Crippen LogP contribution in [0.2, 0.25) is 0 Å². The van der Waals surface area contributed by atoms with Crippen LogP contribution in [0.5, 0.6) is 0 Å². The number of hydrogen-bond acceptors (Lipinski definition) is 6. The third-order valence-corrected chi connectivity index (χ3v) is 4.69. The third kappa shape index (κ3) is 4.27. The van der Waals surface area contributed by atoms with E-state index in [-0.39, 0.29) is 5.69 Å². The number of nitrogens with zero attached hydrogens (tertiary/aromatic N) is 1. The second kappa shape index (κ2) is 6.95. The lowest BCUT2D eigenvalue weighted by atomic mass is 10.3. The first-order chi connectivity index (χ1) is 8.06. The molecule has 0 bridgehead atoms. The first-order valence-corrected chi connectivity index (χ1v) is 6.94. The van der Waals surface area contributed by atoms with Crippen molar-refractivity contribution in [1.29, 1.82) is 0 Å². The van der Waals surface area contributed by atoms with Crippen molar-refractivity contribution in [2.75, 3.05) is 19.5 Å². The van der Waals surface area contributed by atoms with Gasteiger partial charge >= 0.3 is 0 Å². The number of methoxy groups -OCH3 is 1. The minimum absolute atomic E-state index is 0.0910. The minimum atomic E-state index is -0.660. The molecular weight excluding hydrogens is 262 g/mol. The Balaban J connectivity index is 2.71. The zero-order valence-corrected chi connectivity index (χ0v) is 11.3. The van der Waals surface area contributed by atoms with Gasteiger partial charge < -0.3 is 9.84 Å². The first kappa shape index (κ1) is 14.4. The molecule has 1 rings (SSSR count). The van der Waals surface area contributed by atoms with E-state index in [1.54, 1.807) is 14.0 Å². The Kier molecular flexibility index (Phi) is 5.90. The van der Waals surface area contributed by atoms with Crippen molar-refractivity contribution in [3.63, 3.8) is 0 Å². The molecule has 7 heteroatoms. The highest BCUT2D eigenvalue weighted by molar-refractivity contribution is 8.01. The second-order valence-corrected chi connectivity index (χ2v) is 5.90. The van der Waals surface area contributed by atoms with Gasteiger partial charge in [0.05, 0.1) is 11.0 Å². The number of thioether (sulfide) groups is 1. The van der Waals surface area contributed by atoms with E-state index in [0.717, 1.165) is 12.2 Å². The van der Waals surface area contributed by atoms with Crippen molar-refractivity contribution in [2.45, 2.75) is 23.7 Å². The minimum Gasteiger partial charge on any atom is -0.388 e. The van der Waals surface area contributed by atoms with E-state index in [0.29, 0.717) is 15.7 Å². The van der Waals surface area contributed by atoms with Gasteiger partial charge in [0, 0.05) is 30.4 Å². The lowest BCUT2D eigenvalue weighted by Crippen LogP contribution is -1.91. The van der Waals surface area contributed by atoms with Gasteiger partial charge in [0.15, 0.2) is 0 Å². The fourth-order valence-electron chi connectivity index (χ4n) is 1.19. The quantitative estimate of drug-likeness (QED) is 0.359. The van der Waals surface area contributed by atoms with Crippen LogP contribution in [0.15, 0.2) is 10.3 Å². The second-order valence-electron chi connectivity index (χ2n) is 3.45. The zero-order chi connectivity index (χ0) is 12.8. The number of aliphatic hydroxyl groups excluding tert-OH is 1. The summed E-state index contributed by atoms with van der Waals surface area (Å²) in [5, 5.41) is 20.3. The van der Waals surface area contributed by atoms with E-state index in [9.17, 15) is 15.2 Å². The SMILES string of the molecule is COCCCSc1sc([C@H](C)O)cc1[N+](=O)[O-]. The molecule has 5 nitrogen and oxygen atoms in total.